The third-order valence-corrected chi connectivity index (χ3v) is 5.94. The van der Waals surface area contributed by atoms with Gasteiger partial charge >= 0.3 is 0 Å². The molecule has 0 saturated carbocycles. The number of carbonyl (C=O) groups excluding carboxylic acids is 2. The molecule has 0 spiro atoms. The molecule has 1 heterocycles. The van der Waals surface area contributed by atoms with Crippen LogP contribution in [0, 0.1) is 6.92 Å². The molecular formula is C28H30N4O3. The number of ether oxygens (including phenoxy) is 1. The molecule has 7 nitrogen and oxygen atoms in total. The molecule has 7 heteroatoms. The Kier molecular flexibility index (Phi) is 7.77. The molecule has 0 saturated heterocycles. The Morgan fingerprint density at radius 3 is 2.46 bits per heavy atom. The van der Waals surface area contributed by atoms with Gasteiger partial charge in [-0.3, -0.25) is 9.59 Å². The number of fused-ring (bicyclic) bond motifs is 1. The lowest BCUT2D eigenvalue weighted by Gasteiger charge is -2.11. The predicted octanol–water partition coefficient (Wildman–Crippen LogP) is 4.03. The van der Waals surface area contributed by atoms with Crippen LogP contribution < -0.4 is 15.4 Å². The highest BCUT2D eigenvalue weighted by molar-refractivity contribution is 5.95. The number of benzene rings is 3. The van der Waals surface area contributed by atoms with Crippen LogP contribution in [0.1, 0.15) is 33.7 Å². The van der Waals surface area contributed by atoms with Crippen LogP contribution in [0.2, 0.25) is 0 Å². The topological polar surface area (TPSA) is 85.2 Å². The second-order valence-corrected chi connectivity index (χ2v) is 8.40. The first-order chi connectivity index (χ1) is 17.0. The highest BCUT2D eigenvalue weighted by atomic mass is 16.5. The fourth-order valence-electron chi connectivity index (χ4n) is 4.01. The standard InChI is InChI=1S/C28H30N4O3/c1-20-8-3-4-9-23(20)28(34)29-17-7-12-26-31-24-10-5-6-11-25(24)32(26)19-27(33)30-18-21-13-15-22(35-2)16-14-21/h3-6,8-11,13-16H,7,12,17-19H2,1-2H3,(H,29,34)(H,30,33). The van der Waals surface area contributed by atoms with Crippen molar-refractivity contribution in [1.82, 2.24) is 20.2 Å². The van der Waals surface area contributed by atoms with Crippen molar-refractivity contribution in [3.8, 4) is 5.75 Å². The minimum atomic E-state index is -0.0851. The van der Waals surface area contributed by atoms with Gasteiger partial charge in [-0.05, 0) is 54.8 Å². The number of hydrogen-bond acceptors (Lipinski definition) is 4. The summed E-state index contributed by atoms with van der Waals surface area (Å²) in [5, 5.41) is 5.97. The van der Waals surface area contributed by atoms with Crippen molar-refractivity contribution in [2.75, 3.05) is 13.7 Å². The van der Waals surface area contributed by atoms with E-state index in [2.05, 4.69) is 10.6 Å². The molecule has 1 aromatic heterocycles. The second kappa shape index (κ2) is 11.3. The molecule has 0 fully saturated rings. The van der Waals surface area contributed by atoms with E-state index in [4.69, 9.17) is 9.72 Å². The highest BCUT2D eigenvalue weighted by Gasteiger charge is 2.14. The van der Waals surface area contributed by atoms with Gasteiger partial charge in [0.2, 0.25) is 5.91 Å². The first-order valence-corrected chi connectivity index (χ1v) is 11.7. The summed E-state index contributed by atoms with van der Waals surface area (Å²) in [5.41, 5.74) is 4.42. The normalized spacial score (nSPS) is 10.8. The Bertz CT molecular complexity index is 1310. The average Bonchev–Trinajstić information content (AvgIpc) is 3.22. The molecule has 0 aliphatic carbocycles. The van der Waals surface area contributed by atoms with E-state index in [1.807, 2.05) is 84.3 Å². The Hall–Kier alpha value is -4.13. The molecule has 35 heavy (non-hydrogen) atoms. The largest absolute Gasteiger partial charge is 0.497 e. The number of para-hydroxylation sites is 2. The van der Waals surface area contributed by atoms with Crippen molar-refractivity contribution in [1.29, 1.82) is 0 Å². The zero-order chi connectivity index (χ0) is 24.6. The lowest BCUT2D eigenvalue weighted by molar-refractivity contribution is -0.121. The molecule has 3 aromatic carbocycles. The average molecular weight is 471 g/mol. The molecule has 0 bridgehead atoms. The van der Waals surface area contributed by atoms with Crippen molar-refractivity contribution >= 4 is 22.8 Å². The Morgan fingerprint density at radius 2 is 1.69 bits per heavy atom. The van der Waals surface area contributed by atoms with E-state index in [9.17, 15) is 9.59 Å². The summed E-state index contributed by atoms with van der Waals surface area (Å²) in [6, 6.07) is 23.0. The lowest BCUT2D eigenvalue weighted by Crippen LogP contribution is -2.28. The van der Waals surface area contributed by atoms with Crippen molar-refractivity contribution in [3.63, 3.8) is 0 Å². The van der Waals surface area contributed by atoms with Gasteiger partial charge in [0.1, 0.15) is 18.1 Å². The SMILES string of the molecule is COc1ccc(CNC(=O)Cn2c(CCCNC(=O)c3ccccc3C)nc3ccccc32)cc1. The predicted molar refractivity (Wildman–Crippen MR) is 136 cm³/mol. The van der Waals surface area contributed by atoms with E-state index < -0.39 is 0 Å². The number of amides is 2. The number of carbonyl (C=O) groups is 2. The number of nitrogens with zero attached hydrogens (tertiary/aromatic N) is 2. The van der Waals surface area contributed by atoms with E-state index in [1.54, 1.807) is 7.11 Å². The Labute approximate surface area is 205 Å². The maximum Gasteiger partial charge on any atom is 0.251 e. The maximum atomic E-state index is 12.8. The second-order valence-electron chi connectivity index (χ2n) is 8.40. The molecular weight excluding hydrogens is 440 g/mol. The summed E-state index contributed by atoms with van der Waals surface area (Å²) >= 11 is 0. The Morgan fingerprint density at radius 1 is 0.943 bits per heavy atom. The Balaban J connectivity index is 1.37. The molecule has 2 amide bonds. The zero-order valence-electron chi connectivity index (χ0n) is 20.1. The van der Waals surface area contributed by atoms with E-state index >= 15 is 0 Å². The van der Waals surface area contributed by atoms with Crippen LogP contribution in [0.15, 0.2) is 72.8 Å². The molecule has 0 radical (unpaired) electrons. The van der Waals surface area contributed by atoms with Gasteiger partial charge < -0.3 is 19.9 Å². The van der Waals surface area contributed by atoms with Crippen molar-refractivity contribution in [2.45, 2.75) is 32.9 Å². The molecule has 0 aliphatic rings. The van der Waals surface area contributed by atoms with Gasteiger partial charge in [0.25, 0.3) is 5.91 Å². The van der Waals surface area contributed by atoms with Gasteiger partial charge in [0.05, 0.1) is 18.1 Å². The molecule has 4 rings (SSSR count). The maximum absolute atomic E-state index is 12.8. The monoisotopic (exact) mass is 470 g/mol. The first-order valence-electron chi connectivity index (χ1n) is 11.7. The van der Waals surface area contributed by atoms with Crippen LogP contribution in [-0.4, -0.2) is 35.0 Å². The fourth-order valence-corrected chi connectivity index (χ4v) is 4.01. The molecule has 0 atom stereocenters. The van der Waals surface area contributed by atoms with E-state index in [0.717, 1.165) is 33.7 Å². The van der Waals surface area contributed by atoms with Crippen LogP contribution in [0.3, 0.4) is 0 Å². The van der Waals surface area contributed by atoms with Gasteiger partial charge in [-0.25, -0.2) is 4.98 Å². The van der Waals surface area contributed by atoms with Crippen LogP contribution in [0.5, 0.6) is 5.75 Å². The lowest BCUT2D eigenvalue weighted by atomic mass is 10.1. The van der Waals surface area contributed by atoms with Crippen LogP contribution >= 0.6 is 0 Å². The molecule has 0 unspecified atom stereocenters. The van der Waals surface area contributed by atoms with Crippen LogP contribution in [0.25, 0.3) is 11.0 Å². The minimum Gasteiger partial charge on any atom is -0.497 e. The van der Waals surface area contributed by atoms with Gasteiger partial charge in [-0.15, -0.1) is 0 Å². The molecule has 0 aliphatic heterocycles. The third-order valence-electron chi connectivity index (χ3n) is 5.94. The molecule has 4 aromatic rings. The summed E-state index contributed by atoms with van der Waals surface area (Å²) < 4.78 is 7.14. The van der Waals surface area contributed by atoms with Gasteiger partial charge in [0.15, 0.2) is 0 Å². The number of aromatic nitrogens is 2. The fraction of sp³-hybridized carbons (Fsp3) is 0.250. The van der Waals surface area contributed by atoms with Crippen LogP contribution in [-0.2, 0) is 24.3 Å². The molecule has 2 N–H and O–H groups in total. The number of rotatable bonds is 10. The van der Waals surface area contributed by atoms with Crippen molar-refractivity contribution in [2.24, 2.45) is 0 Å². The first kappa shape index (κ1) is 24.0. The quantitative estimate of drug-likeness (QED) is 0.343. The zero-order valence-corrected chi connectivity index (χ0v) is 20.1. The number of nitrogens with one attached hydrogen (secondary N) is 2. The smallest absolute Gasteiger partial charge is 0.251 e. The summed E-state index contributed by atoms with van der Waals surface area (Å²) in [5.74, 6) is 1.45. The number of methoxy groups -OCH3 is 1. The number of hydrogen-bond donors (Lipinski definition) is 2. The molecule has 180 valence electrons. The number of aryl methyl sites for hydroxylation is 2. The van der Waals surface area contributed by atoms with E-state index in [-0.39, 0.29) is 18.4 Å². The summed E-state index contributed by atoms with van der Waals surface area (Å²) in [7, 11) is 1.63. The third kappa shape index (κ3) is 6.06. The van der Waals surface area contributed by atoms with E-state index in [0.29, 0.717) is 31.5 Å². The van der Waals surface area contributed by atoms with Crippen molar-refractivity contribution < 1.29 is 14.3 Å². The highest BCUT2D eigenvalue weighted by Crippen LogP contribution is 2.17. The van der Waals surface area contributed by atoms with Gasteiger partial charge in [-0.1, -0.05) is 42.5 Å². The summed E-state index contributed by atoms with van der Waals surface area (Å²) in [6.07, 6.45) is 1.36. The van der Waals surface area contributed by atoms with Crippen LogP contribution in [0.4, 0.5) is 0 Å². The minimum absolute atomic E-state index is 0.0745. The van der Waals surface area contributed by atoms with Gasteiger partial charge in [0, 0.05) is 25.1 Å². The summed E-state index contributed by atoms with van der Waals surface area (Å²) in [4.78, 5) is 30.0. The summed E-state index contributed by atoms with van der Waals surface area (Å²) in [6.45, 7) is 3.08. The number of imidazole rings is 1. The van der Waals surface area contributed by atoms with E-state index in [1.165, 1.54) is 0 Å². The van der Waals surface area contributed by atoms with Gasteiger partial charge in [-0.2, -0.15) is 0 Å². The van der Waals surface area contributed by atoms with Crippen molar-refractivity contribution in [3.05, 3.63) is 95.3 Å².